The third kappa shape index (κ3) is 1.98. The number of rotatable bonds is 1. The number of hydrogen-bond donors (Lipinski definition) is 0. The van der Waals surface area contributed by atoms with Crippen molar-refractivity contribution in [3.05, 3.63) is 61.2 Å². The summed E-state index contributed by atoms with van der Waals surface area (Å²) in [4.78, 5) is 18.9. The van der Waals surface area contributed by atoms with Crippen LogP contribution in [0.2, 0.25) is 0 Å². The van der Waals surface area contributed by atoms with Crippen molar-refractivity contribution in [2.45, 2.75) is 0 Å². The first kappa shape index (κ1) is 12.6. The average molecular weight is 314 g/mol. The molecule has 5 rings (SSSR count). The first-order valence-electron chi connectivity index (χ1n) is 7.23. The molecule has 0 fully saturated rings. The summed E-state index contributed by atoms with van der Waals surface area (Å²) in [5, 5.41) is 4.40. The van der Waals surface area contributed by atoms with Crippen LogP contribution in [0.1, 0.15) is 0 Å². The molecule has 4 aromatic heterocycles. The van der Waals surface area contributed by atoms with E-state index in [0.717, 1.165) is 32.1 Å². The maximum Gasteiger partial charge on any atom is 0.179 e. The van der Waals surface area contributed by atoms with E-state index in [1.165, 1.54) is 4.70 Å². The summed E-state index contributed by atoms with van der Waals surface area (Å²) >= 11 is 1.66. The molecule has 0 bridgehead atoms. The molecule has 0 radical (unpaired) electrons. The Kier molecular flexibility index (Phi) is 2.63. The van der Waals surface area contributed by atoms with Gasteiger partial charge in [0, 0.05) is 45.6 Å². The molecule has 0 amide bonds. The number of nitrogens with zero attached hydrogens (tertiary/aromatic N) is 4. The summed E-state index contributed by atoms with van der Waals surface area (Å²) in [5.41, 5.74) is 0.793. The summed E-state index contributed by atoms with van der Waals surface area (Å²) in [6.07, 6.45) is 7.41. The summed E-state index contributed by atoms with van der Waals surface area (Å²) in [7, 11) is 0. The Balaban J connectivity index is 1.73. The lowest BCUT2D eigenvalue weighted by Gasteiger charge is -2.02. The predicted molar refractivity (Wildman–Crippen MR) is 93.5 cm³/mol. The van der Waals surface area contributed by atoms with E-state index in [1.54, 1.807) is 17.5 Å². The molecule has 5 aromatic rings. The second-order valence-electron chi connectivity index (χ2n) is 5.30. The third-order valence-corrected chi connectivity index (χ3v) is 4.97. The molecule has 4 heterocycles. The zero-order valence-electron chi connectivity index (χ0n) is 12.0. The van der Waals surface area contributed by atoms with Gasteiger partial charge in [0.1, 0.15) is 10.5 Å². The van der Waals surface area contributed by atoms with Gasteiger partial charge < -0.3 is 0 Å². The van der Waals surface area contributed by atoms with Gasteiger partial charge in [-0.2, -0.15) is 0 Å². The molecule has 5 heteroatoms. The first-order valence-corrected chi connectivity index (χ1v) is 8.04. The van der Waals surface area contributed by atoms with E-state index in [-0.39, 0.29) is 0 Å². The van der Waals surface area contributed by atoms with Gasteiger partial charge in [-0.1, -0.05) is 24.3 Å². The minimum Gasteiger partial charge on any atom is -0.264 e. The lowest BCUT2D eigenvalue weighted by atomic mass is 10.1. The molecule has 0 spiro atoms. The van der Waals surface area contributed by atoms with E-state index >= 15 is 0 Å². The molecular weight excluding hydrogens is 304 g/mol. The van der Waals surface area contributed by atoms with Gasteiger partial charge in [-0.05, 0) is 17.5 Å². The SMILES string of the molecule is c1ccc2cc(-c3ncc4c(n3)sc3ccncc34)ncc2c1. The Hall–Kier alpha value is -2.92. The number of pyridine rings is 2. The van der Waals surface area contributed by atoms with Crippen molar-refractivity contribution in [3.8, 4) is 11.5 Å². The Morgan fingerprint density at radius 3 is 2.70 bits per heavy atom. The number of thiophene rings is 1. The predicted octanol–water partition coefficient (Wildman–Crippen LogP) is 4.45. The second kappa shape index (κ2) is 4.79. The standard InChI is InChI=1S/C18H10N4S/c1-2-4-12-8-20-15(7-11(12)3-1)17-21-10-14-13-9-19-6-5-16(13)23-18(14)22-17/h1-10H. The van der Waals surface area contributed by atoms with Crippen LogP contribution < -0.4 is 0 Å². The summed E-state index contributed by atoms with van der Waals surface area (Å²) in [6.45, 7) is 0. The Morgan fingerprint density at radius 1 is 0.826 bits per heavy atom. The molecule has 23 heavy (non-hydrogen) atoms. The van der Waals surface area contributed by atoms with E-state index in [2.05, 4.69) is 27.1 Å². The smallest absolute Gasteiger partial charge is 0.179 e. The van der Waals surface area contributed by atoms with Crippen molar-refractivity contribution >= 4 is 42.4 Å². The lowest BCUT2D eigenvalue weighted by molar-refractivity contribution is 1.19. The minimum absolute atomic E-state index is 0.655. The zero-order valence-corrected chi connectivity index (χ0v) is 12.8. The number of aromatic nitrogens is 4. The number of fused-ring (bicyclic) bond motifs is 4. The van der Waals surface area contributed by atoms with Crippen LogP contribution in [0.15, 0.2) is 61.2 Å². The second-order valence-corrected chi connectivity index (χ2v) is 6.33. The Bertz CT molecular complexity index is 1180. The number of hydrogen-bond acceptors (Lipinski definition) is 5. The van der Waals surface area contributed by atoms with E-state index in [1.807, 2.05) is 42.9 Å². The molecule has 0 aliphatic rings. The maximum absolute atomic E-state index is 4.71. The molecule has 0 unspecified atom stereocenters. The van der Waals surface area contributed by atoms with Crippen LogP contribution in [-0.2, 0) is 0 Å². The Morgan fingerprint density at radius 2 is 1.74 bits per heavy atom. The molecule has 1 aromatic carbocycles. The quantitative estimate of drug-likeness (QED) is 0.458. The zero-order chi connectivity index (χ0) is 15.2. The van der Waals surface area contributed by atoms with Gasteiger partial charge in [0.2, 0.25) is 0 Å². The van der Waals surface area contributed by atoms with Crippen LogP contribution in [0, 0.1) is 0 Å². The topological polar surface area (TPSA) is 51.6 Å². The highest BCUT2D eigenvalue weighted by Gasteiger charge is 2.10. The van der Waals surface area contributed by atoms with Gasteiger partial charge >= 0.3 is 0 Å². The highest BCUT2D eigenvalue weighted by molar-refractivity contribution is 7.25. The fourth-order valence-electron chi connectivity index (χ4n) is 2.74. The number of benzene rings is 1. The molecule has 108 valence electrons. The van der Waals surface area contributed by atoms with E-state index < -0.39 is 0 Å². The lowest BCUT2D eigenvalue weighted by Crippen LogP contribution is -1.91. The summed E-state index contributed by atoms with van der Waals surface area (Å²) in [6, 6.07) is 12.2. The molecule has 0 aliphatic heterocycles. The fourth-order valence-corrected chi connectivity index (χ4v) is 3.75. The fraction of sp³-hybridized carbons (Fsp3) is 0. The van der Waals surface area contributed by atoms with Crippen LogP contribution in [0.5, 0.6) is 0 Å². The molecule has 0 saturated heterocycles. The largest absolute Gasteiger partial charge is 0.264 e. The third-order valence-electron chi connectivity index (χ3n) is 3.89. The molecule has 0 aliphatic carbocycles. The van der Waals surface area contributed by atoms with Crippen molar-refractivity contribution in [1.29, 1.82) is 0 Å². The average Bonchev–Trinajstić information content (AvgIpc) is 2.99. The monoisotopic (exact) mass is 314 g/mol. The van der Waals surface area contributed by atoms with Crippen molar-refractivity contribution < 1.29 is 0 Å². The Labute approximate surface area is 135 Å². The van der Waals surface area contributed by atoms with E-state index in [0.29, 0.717) is 5.82 Å². The minimum atomic E-state index is 0.655. The van der Waals surface area contributed by atoms with Crippen molar-refractivity contribution in [2.75, 3.05) is 0 Å². The van der Waals surface area contributed by atoms with Gasteiger partial charge in [0.05, 0.1) is 0 Å². The molecule has 0 saturated carbocycles. The highest BCUT2D eigenvalue weighted by atomic mass is 32.1. The summed E-state index contributed by atoms with van der Waals surface area (Å²) in [5.74, 6) is 0.655. The van der Waals surface area contributed by atoms with E-state index in [4.69, 9.17) is 4.98 Å². The normalized spacial score (nSPS) is 11.5. The van der Waals surface area contributed by atoms with Gasteiger partial charge in [0.15, 0.2) is 5.82 Å². The van der Waals surface area contributed by atoms with Crippen molar-refractivity contribution in [2.24, 2.45) is 0 Å². The van der Waals surface area contributed by atoms with Gasteiger partial charge in [0.25, 0.3) is 0 Å². The molecule has 4 nitrogen and oxygen atoms in total. The molecule has 0 N–H and O–H groups in total. The summed E-state index contributed by atoms with van der Waals surface area (Å²) < 4.78 is 1.17. The molecule has 0 atom stereocenters. The van der Waals surface area contributed by atoms with Crippen molar-refractivity contribution in [1.82, 2.24) is 19.9 Å². The van der Waals surface area contributed by atoms with Crippen molar-refractivity contribution in [3.63, 3.8) is 0 Å². The maximum atomic E-state index is 4.71. The highest BCUT2D eigenvalue weighted by Crippen LogP contribution is 2.32. The van der Waals surface area contributed by atoms with Crippen LogP contribution in [0.25, 0.3) is 42.6 Å². The van der Waals surface area contributed by atoms with Crippen LogP contribution in [0.3, 0.4) is 0 Å². The molecular formula is C18H10N4S. The van der Waals surface area contributed by atoms with Gasteiger partial charge in [-0.15, -0.1) is 11.3 Å². The van der Waals surface area contributed by atoms with Gasteiger partial charge in [-0.25, -0.2) is 9.97 Å². The van der Waals surface area contributed by atoms with Crippen LogP contribution >= 0.6 is 11.3 Å². The van der Waals surface area contributed by atoms with Crippen LogP contribution in [0.4, 0.5) is 0 Å². The van der Waals surface area contributed by atoms with E-state index in [9.17, 15) is 0 Å². The van der Waals surface area contributed by atoms with Gasteiger partial charge in [-0.3, -0.25) is 9.97 Å². The van der Waals surface area contributed by atoms with Crippen LogP contribution in [-0.4, -0.2) is 19.9 Å². The first-order chi connectivity index (χ1) is 11.4.